The van der Waals surface area contributed by atoms with Crippen molar-refractivity contribution in [3.63, 3.8) is 0 Å². The van der Waals surface area contributed by atoms with Gasteiger partial charge < -0.3 is 23.9 Å². The average Bonchev–Trinajstić information content (AvgIpc) is 2.69. The Hall–Kier alpha value is -3.48. The van der Waals surface area contributed by atoms with Gasteiger partial charge in [0.15, 0.2) is 18.1 Å². The number of hydrogen-bond donors (Lipinski definition) is 1. The van der Waals surface area contributed by atoms with Crippen molar-refractivity contribution in [1.82, 2.24) is 5.32 Å². The summed E-state index contributed by atoms with van der Waals surface area (Å²) in [5.74, 6) is 1.22. The predicted octanol–water partition coefficient (Wildman–Crippen LogP) is 3.89. The van der Waals surface area contributed by atoms with Gasteiger partial charge in [0.2, 0.25) is 11.2 Å². The largest absolute Gasteiger partial charge is 0.490 e. The molecule has 2 aromatic carbocycles. The Labute approximate surface area is 168 Å². The SMILES string of the molecule is CCOc1ccccc1Oc1coc2cc(OCC(=O)NC(C)C)ccc2c1=O. The zero-order valence-electron chi connectivity index (χ0n) is 16.6. The van der Waals surface area contributed by atoms with Crippen LogP contribution < -0.4 is 25.0 Å². The van der Waals surface area contributed by atoms with E-state index < -0.39 is 0 Å². The van der Waals surface area contributed by atoms with Gasteiger partial charge >= 0.3 is 0 Å². The highest BCUT2D eigenvalue weighted by Crippen LogP contribution is 2.31. The highest BCUT2D eigenvalue weighted by molar-refractivity contribution is 5.80. The van der Waals surface area contributed by atoms with Gasteiger partial charge in [0.05, 0.1) is 12.0 Å². The van der Waals surface area contributed by atoms with Crippen molar-refractivity contribution in [2.75, 3.05) is 13.2 Å². The summed E-state index contributed by atoms with van der Waals surface area (Å²) < 4.78 is 22.3. The maximum Gasteiger partial charge on any atom is 0.258 e. The average molecular weight is 397 g/mol. The normalized spacial score (nSPS) is 10.8. The van der Waals surface area contributed by atoms with Gasteiger partial charge in [-0.1, -0.05) is 12.1 Å². The number of carbonyl (C=O) groups excluding carboxylic acids is 1. The zero-order valence-corrected chi connectivity index (χ0v) is 16.6. The molecule has 152 valence electrons. The first-order valence-electron chi connectivity index (χ1n) is 9.35. The summed E-state index contributed by atoms with van der Waals surface area (Å²) in [4.78, 5) is 24.5. The number of amides is 1. The van der Waals surface area contributed by atoms with Gasteiger partial charge in [-0.3, -0.25) is 9.59 Å². The van der Waals surface area contributed by atoms with Crippen LogP contribution in [-0.2, 0) is 4.79 Å². The summed E-state index contributed by atoms with van der Waals surface area (Å²) >= 11 is 0. The molecular weight excluding hydrogens is 374 g/mol. The predicted molar refractivity (Wildman–Crippen MR) is 109 cm³/mol. The van der Waals surface area contributed by atoms with Crippen LogP contribution >= 0.6 is 0 Å². The van der Waals surface area contributed by atoms with Crippen molar-refractivity contribution >= 4 is 16.9 Å². The Bertz CT molecular complexity index is 1060. The fraction of sp³-hybridized carbons (Fsp3) is 0.273. The number of hydrogen-bond acceptors (Lipinski definition) is 6. The number of carbonyl (C=O) groups is 1. The van der Waals surface area contributed by atoms with E-state index in [4.69, 9.17) is 18.6 Å². The third-order valence-electron chi connectivity index (χ3n) is 3.90. The molecule has 1 amide bonds. The summed E-state index contributed by atoms with van der Waals surface area (Å²) in [5.41, 5.74) is 0.0175. The molecular formula is C22H23NO6. The molecule has 3 rings (SSSR count). The van der Waals surface area contributed by atoms with Crippen molar-refractivity contribution in [2.45, 2.75) is 26.8 Å². The van der Waals surface area contributed by atoms with Gasteiger partial charge in [-0.05, 0) is 45.0 Å². The van der Waals surface area contributed by atoms with Crippen LogP contribution in [0.4, 0.5) is 0 Å². The molecule has 0 saturated carbocycles. The Morgan fingerprint density at radius 3 is 2.55 bits per heavy atom. The number of fused-ring (bicyclic) bond motifs is 1. The zero-order chi connectivity index (χ0) is 20.8. The van der Waals surface area contributed by atoms with Gasteiger partial charge in [-0.15, -0.1) is 0 Å². The highest BCUT2D eigenvalue weighted by Gasteiger charge is 2.13. The van der Waals surface area contributed by atoms with E-state index in [0.29, 0.717) is 34.8 Å². The van der Waals surface area contributed by atoms with E-state index in [-0.39, 0.29) is 29.7 Å². The first-order chi connectivity index (χ1) is 14.0. The lowest BCUT2D eigenvalue weighted by molar-refractivity contribution is -0.123. The summed E-state index contributed by atoms with van der Waals surface area (Å²) in [7, 11) is 0. The van der Waals surface area contributed by atoms with Crippen molar-refractivity contribution in [1.29, 1.82) is 0 Å². The summed E-state index contributed by atoms with van der Waals surface area (Å²) in [6.45, 7) is 5.96. The molecule has 0 atom stereocenters. The quantitative estimate of drug-likeness (QED) is 0.621. The van der Waals surface area contributed by atoms with E-state index in [9.17, 15) is 9.59 Å². The molecule has 1 N–H and O–H groups in total. The molecule has 0 aliphatic rings. The van der Waals surface area contributed by atoms with Crippen LogP contribution in [0.3, 0.4) is 0 Å². The monoisotopic (exact) mass is 397 g/mol. The smallest absolute Gasteiger partial charge is 0.258 e. The van der Waals surface area contributed by atoms with E-state index in [1.165, 1.54) is 6.26 Å². The lowest BCUT2D eigenvalue weighted by Gasteiger charge is -2.11. The molecule has 0 fully saturated rings. The number of para-hydroxylation sites is 2. The van der Waals surface area contributed by atoms with E-state index in [2.05, 4.69) is 5.32 Å². The summed E-state index contributed by atoms with van der Waals surface area (Å²) in [5, 5.41) is 3.08. The Kier molecular flexibility index (Phi) is 6.39. The number of rotatable bonds is 8. The number of ether oxygens (including phenoxy) is 3. The molecule has 0 spiro atoms. The number of benzene rings is 2. The van der Waals surface area contributed by atoms with E-state index in [1.807, 2.05) is 26.8 Å². The molecule has 0 saturated heterocycles. The van der Waals surface area contributed by atoms with Crippen LogP contribution in [0.5, 0.6) is 23.0 Å². The summed E-state index contributed by atoms with van der Waals surface area (Å²) in [6.07, 6.45) is 1.25. The van der Waals surface area contributed by atoms with Crippen LogP contribution in [-0.4, -0.2) is 25.2 Å². The molecule has 0 aliphatic carbocycles. The third kappa shape index (κ3) is 5.07. The fourth-order valence-electron chi connectivity index (χ4n) is 2.69. The highest BCUT2D eigenvalue weighted by atomic mass is 16.5. The lowest BCUT2D eigenvalue weighted by atomic mass is 10.2. The van der Waals surface area contributed by atoms with Crippen molar-refractivity contribution in [2.24, 2.45) is 0 Å². The van der Waals surface area contributed by atoms with E-state index >= 15 is 0 Å². The molecule has 0 bridgehead atoms. The van der Waals surface area contributed by atoms with Crippen LogP contribution in [0.15, 0.2) is 57.9 Å². The van der Waals surface area contributed by atoms with Gasteiger partial charge in [-0.2, -0.15) is 0 Å². The van der Waals surface area contributed by atoms with Crippen molar-refractivity contribution in [3.8, 4) is 23.0 Å². The van der Waals surface area contributed by atoms with E-state index in [0.717, 1.165) is 0 Å². The minimum absolute atomic E-state index is 0.0343. The van der Waals surface area contributed by atoms with Crippen molar-refractivity contribution in [3.05, 3.63) is 59.0 Å². The topological polar surface area (TPSA) is 87.0 Å². The molecule has 0 radical (unpaired) electrons. The van der Waals surface area contributed by atoms with Gasteiger partial charge in [-0.25, -0.2) is 0 Å². The van der Waals surface area contributed by atoms with E-state index in [1.54, 1.807) is 36.4 Å². The minimum atomic E-state index is -0.318. The van der Waals surface area contributed by atoms with Crippen molar-refractivity contribution < 1.29 is 23.4 Å². The Balaban J connectivity index is 1.80. The molecule has 29 heavy (non-hydrogen) atoms. The standard InChI is InChI=1S/C22H23NO6/c1-4-26-17-7-5-6-8-18(17)29-20-12-28-19-11-15(9-10-16(19)22(20)25)27-13-21(24)23-14(2)3/h5-12,14H,4,13H2,1-3H3,(H,23,24). The first kappa shape index (κ1) is 20.3. The Morgan fingerprint density at radius 2 is 1.83 bits per heavy atom. The maximum atomic E-state index is 12.8. The third-order valence-corrected chi connectivity index (χ3v) is 3.90. The van der Waals surface area contributed by atoms with Crippen LogP contribution in [0.1, 0.15) is 20.8 Å². The molecule has 7 nitrogen and oxygen atoms in total. The second kappa shape index (κ2) is 9.14. The van der Waals surface area contributed by atoms with Gasteiger partial charge in [0.25, 0.3) is 5.91 Å². The Morgan fingerprint density at radius 1 is 1.07 bits per heavy atom. The second-order valence-corrected chi connectivity index (χ2v) is 6.58. The van der Waals surface area contributed by atoms with Gasteiger partial charge in [0.1, 0.15) is 17.6 Å². The van der Waals surface area contributed by atoms with Crippen LogP contribution in [0.25, 0.3) is 11.0 Å². The second-order valence-electron chi connectivity index (χ2n) is 6.58. The molecule has 0 aliphatic heterocycles. The first-order valence-corrected chi connectivity index (χ1v) is 9.35. The van der Waals surface area contributed by atoms with Crippen LogP contribution in [0.2, 0.25) is 0 Å². The minimum Gasteiger partial charge on any atom is -0.490 e. The summed E-state index contributed by atoms with van der Waals surface area (Å²) in [6, 6.07) is 11.9. The molecule has 7 heteroatoms. The molecule has 1 heterocycles. The van der Waals surface area contributed by atoms with Gasteiger partial charge in [0, 0.05) is 12.1 Å². The maximum absolute atomic E-state index is 12.8. The number of nitrogens with one attached hydrogen (secondary N) is 1. The fourth-order valence-corrected chi connectivity index (χ4v) is 2.69. The lowest BCUT2D eigenvalue weighted by Crippen LogP contribution is -2.34. The molecule has 1 aromatic heterocycles. The van der Waals surface area contributed by atoms with Crippen LogP contribution in [0, 0.1) is 0 Å². The molecule has 0 unspecified atom stereocenters. The molecule has 3 aromatic rings.